The second-order valence-electron chi connectivity index (χ2n) is 6.41. The molecule has 1 aliphatic heterocycles. The van der Waals surface area contributed by atoms with Crippen molar-refractivity contribution in [1.29, 1.82) is 0 Å². The number of anilines is 1. The minimum Gasteiger partial charge on any atom is -0.467 e. The summed E-state index contributed by atoms with van der Waals surface area (Å²) in [5.74, 6) is -0.0953. The molecule has 0 radical (unpaired) electrons. The lowest BCUT2D eigenvalue weighted by molar-refractivity contribution is -0.122. The van der Waals surface area contributed by atoms with Gasteiger partial charge in [0.05, 0.1) is 12.8 Å². The molecule has 1 aliphatic rings. The number of benzene rings is 1. The van der Waals surface area contributed by atoms with Crippen molar-refractivity contribution in [2.75, 3.05) is 11.4 Å². The van der Waals surface area contributed by atoms with Crippen molar-refractivity contribution in [3.63, 3.8) is 0 Å². The molecule has 0 saturated heterocycles. The van der Waals surface area contributed by atoms with Gasteiger partial charge in [-0.15, -0.1) is 0 Å². The molecule has 1 aromatic carbocycles. The van der Waals surface area contributed by atoms with Crippen LogP contribution in [0.2, 0.25) is 0 Å². The highest BCUT2D eigenvalue weighted by Crippen LogP contribution is 2.28. The van der Waals surface area contributed by atoms with E-state index in [-0.39, 0.29) is 24.7 Å². The van der Waals surface area contributed by atoms with Crippen LogP contribution >= 0.6 is 0 Å². The predicted molar refractivity (Wildman–Crippen MR) is 101 cm³/mol. The molecule has 0 fully saturated rings. The molecule has 8 heteroatoms. The van der Waals surface area contributed by atoms with Crippen molar-refractivity contribution < 1.29 is 14.0 Å². The van der Waals surface area contributed by atoms with Gasteiger partial charge in [0.1, 0.15) is 18.0 Å². The first-order chi connectivity index (χ1) is 13.6. The van der Waals surface area contributed by atoms with Crippen LogP contribution in [0.25, 0.3) is 0 Å². The quantitative estimate of drug-likeness (QED) is 0.723. The molecule has 0 bridgehead atoms. The maximum atomic E-state index is 12.9. The molecule has 3 aromatic rings. The normalized spacial score (nSPS) is 12.6. The summed E-state index contributed by atoms with van der Waals surface area (Å²) in [5, 5.41) is 6.75. The van der Waals surface area contributed by atoms with E-state index in [1.165, 1.54) is 18.4 Å². The van der Waals surface area contributed by atoms with Crippen molar-refractivity contribution in [2.45, 2.75) is 19.5 Å². The van der Waals surface area contributed by atoms with Gasteiger partial charge in [-0.3, -0.25) is 14.4 Å². The number of aromatic nitrogens is 2. The maximum absolute atomic E-state index is 12.9. The van der Waals surface area contributed by atoms with E-state index >= 15 is 0 Å². The molecule has 8 nitrogen and oxygen atoms in total. The highest BCUT2D eigenvalue weighted by atomic mass is 16.3. The number of nitrogens with zero attached hydrogens (tertiary/aromatic N) is 3. The molecule has 28 heavy (non-hydrogen) atoms. The second kappa shape index (κ2) is 7.51. The van der Waals surface area contributed by atoms with Gasteiger partial charge in [0.2, 0.25) is 5.91 Å². The van der Waals surface area contributed by atoms with Crippen molar-refractivity contribution in [1.82, 2.24) is 15.1 Å². The Labute approximate surface area is 160 Å². The molecule has 0 atom stereocenters. The van der Waals surface area contributed by atoms with Crippen LogP contribution in [0.1, 0.15) is 21.8 Å². The van der Waals surface area contributed by atoms with E-state index in [9.17, 15) is 14.4 Å². The first-order valence-corrected chi connectivity index (χ1v) is 8.89. The Balaban J connectivity index is 1.48. The van der Waals surface area contributed by atoms with Gasteiger partial charge in [-0.05, 0) is 36.2 Å². The Hall–Kier alpha value is -3.68. The minimum absolute atomic E-state index is 0.120. The Kier molecular flexibility index (Phi) is 4.76. The first-order valence-electron chi connectivity index (χ1n) is 8.89. The molecule has 0 aliphatic carbocycles. The van der Waals surface area contributed by atoms with Crippen molar-refractivity contribution in [2.24, 2.45) is 0 Å². The largest absolute Gasteiger partial charge is 0.467 e. The Morgan fingerprint density at radius 3 is 2.79 bits per heavy atom. The van der Waals surface area contributed by atoms with Gasteiger partial charge in [0, 0.05) is 18.3 Å². The lowest BCUT2D eigenvalue weighted by atomic mass is 10.2. The Bertz CT molecular complexity index is 1070. The van der Waals surface area contributed by atoms with Crippen LogP contribution < -0.4 is 15.8 Å². The van der Waals surface area contributed by atoms with E-state index in [4.69, 9.17) is 4.42 Å². The number of amides is 2. The zero-order valence-corrected chi connectivity index (χ0v) is 15.0. The number of rotatable bonds is 5. The molecule has 4 rings (SSSR count). The van der Waals surface area contributed by atoms with Crippen molar-refractivity contribution in [3.8, 4) is 0 Å². The van der Waals surface area contributed by atoms with E-state index in [0.29, 0.717) is 12.3 Å². The monoisotopic (exact) mass is 378 g/mol. The van der Waals surface area contributed by atoms with Crippen LogP contribution in [0, 0.1) is 0 Å². The summed E-state index contributed by atoms with van der Waals surface area (Å²) in [6.07, 6.45) is 2.29. The molecular weight excluding hydrogens is 360 g/mol. The Morgan fingerprint density at radius 2 is 1.96 bits per heavy atom. The first kappa shape index (κ1) is 17.7. The number of nitrogens with one attached hydrogen (secondary N) is 1. The van der Waals surface area contributed by atoms with Crippen LogP contribution in [0.4, 0.5) is 5.69 Å². The summed E-state index contributed by atoms with van der Waals surface area (Å²) in [6.45, 7) is 0.490. The maximum Gasteiger partial charge on any atom is 0.278 e. The van der Waals surface area contributed by atoms with Gasteiger partial charge in [0.25, 0.3) is 11.5 Å². The van der Waals surface area contributed by atoms with Crippen LogP contribution in [0.5, 0.6) is 0 Å². The average molecular weight is 378 g/mol. The van der Waals surface area contributed by atoms with Gasteiger partial charge in [-0.2, -0.15) is 5.10 Å². The zero-order valence-electron chi connectivity index (χ0n) is 15.0. The summed E-state index contributed by atoms with van der Waals surface area (Å²) < 4.78 is 6.14. The van der Waals surface area contributed by atoms with Crippen LogP contribution in [-0.4, -0.2) is 28.1 Å². The number of carbonyl (C=O) groups is 2. The van der Waals surface area contributed by atoms with E-state index < -0.39 is 11.5 Å². The molecule has 0 spiro atoms. The third-order valence-electron chi connectivity index (χ3n) is 4.55. The third-order valence-corrected chi connectivity index (χ3v) is 4.55. The SMILES string of the molecule is O=C(Cn1nc(C(=O)N2CCc3ccccc32)ccc1=O)NCc1ccco1. The molecule has 2 aromatic heterocycles. The fraction of sp³-hybridized carbons (Fsp3) is 0.200. The molecule has 0 unspecified atom stereocenters. The molecule has 2 amide bonds. The van der Waals surface area contributed by atoms with Gasteiger partial charge >= 0.3 is 0 Å². The van der Waals surface area contributed by atoms with E-state index in [1.54, 1.807) is 17.0 Å². The summed E-state index contributed by atoms with van der Waals surface area (Å²) in [4.78, 5) is 38.7. The Morgan fingerprint density at radius 1 is 1.11 bits per heavy atom. The van der Waals surface area contributed by atoms with Gasteiger partial charge in [-0.25, -0.2) is 4.68 Å². The number of hydrogen-bond acceptors (Lipinski definition) is 5. The molecule has 0 saturated carbocycles. The third kappa shape index (κ3) is 3.57. The fourth-order valence-corrected chi connectivity index (χ4v) is 3.15. The standard InChI is InChI=1S/C20H18N4O4/c25-18(21-12-15-5-3-11-28-15)13-24-19(26)8-7-16(22-24)20(27)23-10-9-14-4-1-2-6-17(14)23/h1-8,11H,9-10,12-13H2,(H,21,25). The smallest absolute Gasteiger partial charge is 0.278 e. The average Bonchev–Trinajstić information content (AvgIpc) is 3.37. The number of furan rings is 1. The topological polar surface area (TPSA) is 97.4 Å². The van der Waals surface area contributed by atoms with Crippen LogP contribution in [0.3, 0.4) is 0 Å². The lowest BCUT2D eigenvalue weighted by Crippen LogP contribution is -2.36. The predicted octanol–water partition coefficient (Wildman–Crippen LogP) is 1.36. The van der Waals surface area contributed by atoms with Crippen LogP contribution in [-0.2, 0) is 24.3 Å². The summed E-state index contributed by atoms with van der Waals surface area (Å²) >= 11 is 0. The highest BCUT2D eigenvalue weighted by Gasteiger charge is 2.26. The highest BCUT2D eigenvalue weighted by molar-refractivity contribution is 6.05. The minimum atomic E-state index is -0.452. The number of fused-ring (bicyclic) bond motifs is 1. The molecule has 3 heterocycles. The van der Waals surface area contributed by atoms with Crippen LogP contribution in [0.15, 0.2) is 64.0 Å². The van der Waals surface area contributed by atoms with Crippen molar-refractivity contribution >= 4 is 17.5 Å². The second-order valence-corrected chi connectivity index (χ2v) is 6.41. The van der Waals surface area contributed by atoms with E-state index in [0.717, 1.165) is 22.4 Å². The molecular formula is C20H18N4O4. The number of para-hydroxylation sites is 1. The molecule has 1 N–H and O–H groups in total. The number of hydrogen-bond donors (Lipinski definition) is 1. The summed E-state index contributed by atoms with van der Waals surface area (Å²) in [7, 11) is 0. The van der Waals surface area contributed by atoms with E-state index in [1.807, 2.05) is 24.3 Å². The summed E-state index contributed by atoms with van der Waals surface area (Å²) in [6, 6.07) is 13.8. The summed E-state index contributed by atoms with van der Waals surface area (Å²) in [5.41, 5.74) is 1.62. The van der Waals surface area contributed by atoms with Crippen molar-refractivity contribution in [3.05, 3.63) is 82.2 Å². The molecule has 142 valence electrons. The van der Waals surface area contributed by atoms with E-state index in [2.05, 4.69) is 10.4 Å². The van der Waals surface area contributed by atoms with Gasteiger partial charge < -0.3 is 14.6 Å². The van der Waals surface area contributed by atoms with Gasteiger partial charge in [-0.1, -0.05) is 18.2 Å². The fourth-order valence-electron chi connectivity index (χ4n) is 3.15. The zero-order chi connectivity index (χ0) is 19.5. The lowest BCUT2D eigenvalue weighted by Gasteiger charge is -2.17. The van der Waals surface area contributed by atoms with Gasteiger partial charge in [0.15, 0.2) is 0 Å². The number of carbonyl (C=O) groups excluding carboxylic acids is 2.